The SMILES string of the molecule is O=Cc1ccccc1[Se]F. The van der Waals surface area contributed by atoms with E-state index >= 15 is 0 Å². The van der Waals surface area contributed by atoms with Crippen molar-refractivity contribution in [2.24, 2.45) is 0 Å². The molecule has 1 aromatic rings. The second kappa shape index (κ2) is 3.49. The van der Waals surface area contributed by atoms with Gasteiger partial charge in [0.25, 0.3) is 0 Å². The average Bonchev–Trinajstić information content (AvgIpc) is 2.04. The van der Waals surface area contributed by atoms with Crippen LogP contribution in [0.15, 0.2) is 24.3 Å². The maximum atomic E-state index is 12.1. The van der Waals surface area contributed by atoms with Crippen molar-refractivity contribution in [3.05, 3.63) is 29.8 Å². The van der Waals surface area contributed by atoms with Crippen LogP contribution >= 0.6 is 0 Å². The van der Waals surface area contributed by atoms with Crippen molar-refractivity contribution in [2.75, 3.05) is 0 Å². The van der Waals surface area contributed by atoms with Gasteiger partial charge in [0.15, 0.2) is 0 Å². The van der Waals surface area contributed by atoms with Crippen molar-refractivity contribution in [2.45, 2.75) is 0 Å². The summed E-state index contributed by atoms with van der Waals surface area (Å²) >= 11 is -1.07. The van der Waals surface area contributed by atoms with Crippen LogP contribution in [0.5, 0.6) is 0 Å². The fourth-order valence-corrected chi connectivity index (χ4v) is 1.35. The summed E-state index contributed by atoms with van der Waals surface area (Å²) in [5.74, 6) is 0. The molecule has 1 nitrogen and oxygen atoms in total. The van der Waals surface area contributed by atoms with Crippen LogP contribution in [0.4, 0.5) is 3.55 Å². The Balaban J connectivity index is 3.08. The fraction of sp³-hybridized carbons (Fsp3) is 0. The van der Waals surface area contributed by atoms with Gasteiger partial charge in [-0.3, -0.25) is 0 Å². The predicted octanol–water partition coefficient (Wildman–Crippen LogP) is 0.713. The van der Waals surface area contributed by atoms with Crippen LogP contribution in [0.1, 0.15) is 10.4 Å². The van der Waals surface area contributed by atoms with Crippen LogP contribution in [-0.2, 0) is 0 Å². The summed E-state index contributed by atoms with van der Waals surface area (Å²) in [7, 11) is 0. The van der Waals surface area contributed by atoms with Gasteiger partial charge < -0.3 is 0 Å². The van der Waals surface area contributed by atoms with E-state index in [1.54, 1.807) is 24.3 Å². The van der Waals surface area contributed by atoms with Gasteiger partial charge in [-0.2, -0.15) is 0 Å². The minimum atomic E-state index is -1.07. The van der Waals surface area contributed by atoms with Gasteiger partial charge in [-0.1, -0.05) is 0 Å². The Morgan fingerprint density at radius 1 is 1.40 bits per heavy atom. The fourth-order valence-electron chi connectivity index (χ4n) is 0.648. The van der Waals surface area contributed by atoms with Crippen LogP contribution in [0.2, 0.25) is 0 Å². The molecule has 0 saturated carbocycles. The molecule has 0 radical (unpaired) electrons. The number of rotatable bonds is 2. The number of aldehydes is 1. The first-order chi connectivity index (χ1) is 4.88. The van der Waals surface area contributed by atoms with Crippen molar-refractivity contribution in [1.82, 2.24) is 0 Å². The van der Waals surface area contributed by atoms with Crippen molar-refractivity contribution in [1.29, 1.82) is 0 Å². The molecule has 0 amide bonds. The Hall–Kier alpha value is -0.661. The molecular weight excluding hydrogens is 198 g/mol. The molecule has 0 N–H and O–H groups in total. The molecule has 0 aromatic heterocycles. The van der Waals surface area contributed by atoms with Crippen molar-refractivity contribution in [3.63, 3.8) is 0 Å². The van der Waals surface area contributed by atoms with E-state index in [-0.39, 0.29) is 0 Å². The summed E-state index contributed by atoms with van der Waals surface area (Å²) < 4.78 is 12.6. The van der Waals surface area contributed by atoms with Gasteiger partial charge in [0, 0.05) is 0 Å². The van der Waals surface area contributed by atoms with Gasteiger partial charge in [0.05, 0.1) is 0 Å². The van der Waals surface area contributed by atoms with Crippen molar-refractivity contribution < 1.29 is 8.35 Å². The molecule has 0 aliphatic heterocycles. The van der Waals surface area contributed by atoms with Crippen molar-refractivity contribution >= 4 is 26.2 Å². The molecular formula is C7H5FOSe. The second-order valence-electron chi connectivity index (χ2n) is 1.73. The number of hydrogen-bond donors (Lipinski definition) is 0. The molecule has 10 heavy (non-hydrogen) atoms. The topological polar surface area (TPSA) is 17.1 Å². The molecule has 0 saturated heterocycles. The van der Waals surface area contributed by atoms with Gasteiger partial charge in [-0.25, -0.2) is 0 Å². The third kappa shape index (κ3) is 1.43. The zero-order valence-electron chi connectivity index (χ0n) is 5.08. The summed E-state index contributed by atoms with van der Waals surface area (Å²) in [4.78, 5) is 10.2. The standard InChI is InChI=1S/C7H5FOSe/c8-10-7-4-2-1-3-6(7)5-9/h1-5H. The molecule has 0 unspecified atom stereocenters. The van der Waals surface area contributed by atoms with Gasteiger partial charge in [-0.15, -0.1) is 0 Å². The van der Waals surface area contributed by atoms with E-state index in [1.807, 2.05) is 0 Å². The van der Waals surface area contributed by atoms with Crippen molar-refractivity contribution in [3.8, 4) is 0 Å². The molecule has 0 spiro atoms. The van der Waals surface area contributed by atoms with Gasteiger partial charge >= 0.3 is 64.3 Å². The van der Waals surface area contributed by atoms with Crippen LogP contribution in [0.3, 0.4) is 0 Å². The van der Waals surface area contributed by atoms with E-state index in [9.17, 15) is 8.35 Å². The Labute approximate surface area is 64.9 Å². The first-order valence-corrected chi connectivity index (χ1v) is 4.21. The third-order valence-electron chi connectivity index (χ3n) is 1.13. The van der Waals surface area contributed by atoms with Crippen LogP contribution in [0.25, 0.3) is 0 Å². The van der Waals surface area contributed by atoms with Crippen LogP contribution in [0, 0.1) is 0 Å². The molecule has 0 aliphatic rings. The first-order valence-electron chi connectivity index (χ1n) is 2.71. The Kier molecular flexibility index (Phi) is 2.60. The van der Waals surface area contributed by atoms with E-state index in [2.05, 4.69) is 0 Å². The number of carbonyl (C=O) groups excluding carboxylic acids is 1. The molecule has 3 heteroatoms. The zero-order valence-corrected chi connectivity index (χ0v) is 6.79. The summed E-state index contributed by atoms with van der Waals surface area (Å²) in [5, 5.41) is 0. The van der Waals surface area contributed by atoms with Gasteiger partial charge in [-0.05, 0) is 0 Å². The third-order valence-corrected chi connectivity index (χ3v) is 2.26. The van der Waals surface area contributed by atoms with E-state index in [0.29, 0.717) is 16.3 Å². The number of benzene rings is 1. The van der Waals surface area contributed by atoms with E-state index < -0.39 is 15.4 Å². The molecule has 0 fully saturated rings. The molecule has 1 rings (SSSR count). The second-order valence-corrected chi connectivity index (χ2v) is 2.98. The predicted molar refractivity (Wildman–Crippen MR) is 38.3 cm³/mol. The number of hydrogen-bond acceptors (Lipinski definition) is 1. The Morgan fingerprint density at radius 2 is 2.10 bits per heavy atom. The molecule has 0 aliphatic carbocycles. The quantitative estimate of drug-likeness (QED) is 0.511. The molecule has 0 atom stereocenters. The summed E-state index contributed by atoms with van der Waals surface area (Å²) in [6.45, 7) is 0. The normalized spacial score (nSPS) is 9.30. The van der Waals surface area contributed by atoms with E-state index in [1.165, 1.54) is 0 Å². The average molecular weight is 203 g/mol. The van der Waals surface area contributed by atoms with E-state index in [4.69, 9.17) is 0 Å². The minimum absolute atomic E-state index is 0.463. The Morgan fingerprint density at radius 3 is 2.60 bits per heavy atom. The molecule has 0 heterocycles. The summed E-state index contributed by atoms with van der Waals surface area (Å²) in [5.41, 5.74) is 0.463. The molecule has 52 valence electrons. The number of carbonyl (C=O) groups is 1. The van der Waals surface area contributed by atoms with Crippen LogP contribution in [-0.4, -0.2) is 21.7 Å². The van der Waals surface area contributed by atoms with E-state index in [0.717, 1.165) is 0 Å². The maximum absolute atomic E-state index is 12.1. The monoisotopic (exact) mass is 204 g/mol. The number of halogens is 1. The van der Waals surface area contributed by atoms with Gasteiger partial charge in [0.1, 0.15) is 0 Å². The van der Waals surface area contributed by atoms with Crippen LogP contribution < -0.4 is 4.46 Å². The first kappa shape index (κ1) is 7.45. The molecule has 0 bridgehead atoms. The molecule has 1 aromatic carbocycles. The summed E-state index contributed by atoms with van der Waals surface area (Å²) in [6, 6.07) is 6.69. The summed E-state index contributed by atoms with van der Waals surface area (Å²) in [6.07, 6.45) is 0.677. The zero-order chi connectivity index (χ0) is 7.40. The van der Waals surface area contributed by atoms with Gasteiger partial charge in [0.2, 0.25) is 0 Å². The Bertz CT molecular complexity index is 237.